The monoisotopic (exact) mass is 808 g/mol. The first-order valence-corrected chi connectivity index (χ1v) is 15.2. The van der Waals surface area contributed by atoms with E-state index < -0.39 is 155 Å². The lowest BCUT2D eigenvalue weighted by molar-refractivity contribution is -0.177. The van der Waals surface area contributed by atoms with Gasteiger partial charge in [0.15, 0.2) is 6.79 Å². The molecule has 0 aromatic heterocycles. The van der Waals surface area contributed by atoms with Gasteiger partial charge in [-0.3, -0.25) is 47.9 Å². The predicted octanol–water partition coefficient (Wildman–Crippen LogP) is -1.63. The Bertz CT molecular complexity index is 1490. The Morgan fingerprint density at radius 3 is 0.839 bits per heavy atom. The van der Waals surface area contributed by atoms with Crippen LogP contribution in [0.3, 0.4) is 0 Å². The third-order valence-electron chi connectivity index (χ3n) is 5.32. The second kappa shape index (κ2) is 28.6. The van der Waals surface area contributed by atoms with E-state index in [9.17, 15) is 57.5 Å². The first kappa shape index (κ1) is 49.1. The fraction of sp³-hybridized carbons (Fsp3) is 0.484. The lowest BCUT2D eigenvalue weighted by Gasteiger charge is -2.10. The van der Waals surface area contributed by atoms with E-state index in [4.69, 9.17) is 4.74 Å². The van der Waals surface area contributed by atoms with E-state index in [1.807, 2.05) is 0 Å². The SMILES string of the molecule is C=C(CC(=O)OCOC(=O)CC(=O)OCOC(=O)CC(=O)OCOCC)C(=O)OCOC(=O)CC(=C)C(=O)OCOC(=O)CC(=O)OCOC(=O)CC(=O)OC. The van der Waals surface area contributed by atoms with E-state index in [1.165, 1.54) is 0 Å². The van der Waals surface area contributed by atoms with Gasteiger partial charge in [-0.25, -0.2) is 9.59 Å². The minimum atomic E-state index is -1.22. The number of hydrogen-bond acceptors (Lipinski definition) is 25. The maximum Gasteiger partial charge on any atom is 0.336 e. The van der Waals surface area contributed by atoms with Crippen LogP contribution < -0.4 is 0 Å². The summed E-state index contributed by atoms with van der Waals surface area (Å²) in [5, 5.41) is 0. The molecule has 25 nitrogen and oxygen atoms in total. The summed E-state index contributed by atoms with van der Waals surface area (Å²) in [6.45, 7) is 3.29. The van der Waals surface area contributed by atoms with Gasteiger partial charge in [-0.2, -0.15) is 0 Å². The average Bonchev–Trinajstić information content (AvgIpc) is 3.11. The Morgan fingerprint density at radius 1 is 0.339 bits per heavy atom. The van der Waals surface area contributed by atoms with E-state index in [0.717, 1.165) is 7.11 Å². The van der Waals surface area contributed by atoms with Gasteiger partial charge in [-0.15, -0.1) is 0 Å². The summed E-state index contributed by atoms with van der Waals surface area (Å²) in [5.74, 6) is -13.6. The van der Waals surface area contributed by atoms with Gasteiger partial charge in [-0.1, -0.05) is 13.2 Å². The number of ether oxygens (including phenoxy) is 13. The molecule has 0 bridgehead atoms. The molecule has 0 heterocycles. The van der Waals surface area contributed by atoms with Gasteiger partial charge in [-0.05, 0) is 6.92 Å². The van der Waals surface area contributed by atoms with E-state index in [2.05, 4.69) is 70.0 Å². The normalized spacial score (nSPS) is 9.82. The van der Waals surface area contributed by atoms with Crippen LogP contribution in [0.5, 0.6) is 0 Å². The summed E-state index contributed by atoms with van der Waals surface area (Å²) in [7, 11) is 1.04. The van der Waals surface area contributed by atoms with Crippen molar-refractivity contribution in [3.63, 3.8) is 0 Å². The van der Waals surface area contributed by atoms with Gasteiger partial charge < -0.3 is 61.6 Å². The first-order chi connectivity index (χ1) is 26.5. The molecule has 0 aliphatic rings. The van der Waals surface area contributed by atoms with Crippen molar-refractivity contribution in [1.82, 2.24) is 0 Å². The molecule has 0 saturated carbocycles. The molecular weight excluding hydrogens is 772 g/mol. The molecule has 0 aromatic carbocycles. The summed E-state index contributed by atoms with van der Waals surface area (Å²) in [5.41, 5.74) is -0.987. The second-order valence-electron chi connectivity index (χ2n) is 9.55. The average molecular weight is 809 g/mol. The van der Waals surface area contributed by atoms with Gasteiger partial charge in [0.25, 0.3) is 0 Å². The first-order valence-electron chi connectivity index (χ1n) is 15.2. The van der Waals surface area contributed by atoms with Crippen LogP contribution >= 0.6 is 0 Å². The maximum atomic E-state index is 12.0. The topological polar surface area (TPSA) is 325 Å². The third-order valence-corrected chi connectivity index (χ3v) is 5.32. The fourth-order valence-electron chi connectivity index (χ4n) is 2.67. The molecule has 0 saturated heterocycles. The Morgan fingerprint density at radius 2 is 0.571 bits per heavy atom. The quantitative estimate of drug-likeness (QED) is 0.0224. The summed E-state index contributed by atoms with van der Waals surface area (Å²) in [4.78, 5) is 139. The van der Waals surface area contributed by atoms with Crippen molar-refractivity contribution in [2.45, 2.75) is 45.4 Å². The van der Waals surface area contributed by atoms with Crippen molar-refractivity contribution >= 4 is 71.6 Å². The molecule has 0 aliphatic heterocycles. The lowest BCUT2D eigenvalue weighted by atomic mass is 10.2. The van der Waals surface area contributed by atoms with Crippen LogP contribution in [0.1, 0.15) is 45.4 Å². The molecule has 0 rings (SSSR count). The highest BCUT2D eigenvalue weighted by Gasteiger charge is 2.20. The van der Waals surface area contributed by atoms with Gasteiger partial charge >= 0.3 is 71.6 Å². The fourth-order valence-corrected chi connectivity index (χ4v) is 2.67. The van der Waals surface area contributed by atoms with Crippen LogP contribution in [-0.4, -0.2) is 126 Å². The number of esters is 12. The summed E-state index contributed by atoms with van der Waals surface area (Å²) in [6.07, 6.45) is -5.06. The van der Waals surface area contributed by atoms with Crippen molar-refractivity contribution in [3.05, 3.63) is 24.3 Å². The third kappa shape index (κ3) is 25.9. The zero-order valence-electron chi connectivity index (χ0n) is 29.8. The van der Waals surface area contributed by atoms with E-state index >= 15 is 0 Å². The highest BCUT2D eigenvalue weighted by atomic mass is 16.7. The molecule has 310 valence electrons. The van der Waals surface area contributed by atoms with E-state index in [0.29, 0.717) is 0 Å². The lowest BCUT2D eigenvalue weighted by Crippen LogP contribution is -2.21. The van der Waals surface area contributed by atoms with Crippen molar-refractivity contribution in [3.8, 4) is 0 Å². The molecule has 56 heavy (non-hydrogen) atoms. The molecule has 25 heteroatoms. The molecular formula is C31H36O25. The Hall–Kier alpha value is -6.92. The molecule has 0 atom stereocenters. The molecule has 0 radical (unpaired) electrons. The van der Waals surface area contributed by atoms with E-state index in [-0.39, 0.29) is 13.4 Å². The zero-order chi connectivity index (χ0) is 42.5. The second-order valence-corrected chi connectivity index (χ2v) is 9.55. The van der Waals surface area contributed by atoms with Crippen molar-refractivity contribution in [2.75, 3.05) is 54.5 Å². The number of hydrogen-bond donors (Lipinski definition) is 0. The van der Waals surface area contributed by atoms with Gasteiger partial charge in [0, 0.05) is 17.8 Å². The van der Waals surface area contributed by atoms with Gasteiger partial charge in [0.1, 0.15) is 25.7 Å². The van der Waals surface area contributed by atoms with Crippen LogP contribution in [-0.2, 0) is 119 Å². The molecule has 0 aromatic rings. The van der Waals surface area contributed by atoms with E-state index in [1.54, 1.807) is 6.92 Å². The number of carbonyl (C=O) groups is 12. The molecule has 0 amide bonds. The zero-order valence-corrected chi connectivity index (χ0v) is 29.8. The number of methoxy groups -OCH3 is 1. The van der Waals surface area contributed by atoms with Crippen LogP contribution in [0.15, 0.2) is 24.3 Å². The summed E-state index contributed by atoms with van der Waals surface area (Å²) >= 11 is 0. The van der Waals surface area contributed by atoms with Crippen LogP contribution in [0.4, 0.5) is 0 Å². The van der Waals surface area contributed by atoms with Crippen molar-refractivity contribution < 1.29 is 119 Å². The highest BCUT2D eigenvalue weighted by Crippen LogP contribution is 2.07. The maximum absolute atomic E-state index is 12.0. The standard InChI is InChI=1S/C31H36O25/c1-5-45-12-46-24(36)9-25(37)51-15-52-27(39)10-26(38)49-13-47-21(33)6-18(2)30(42)55-16-53-22(34)7-19(3)31(43)56-17-54-29(41)11-28(40)50-14-48-23(35)8-20(32)44-4/h2-3,5-17H2,1,4H3. The van der Waals surface area contributed by atoms with Gasteiger partial charge in [0.05, 0.1) is 20.0 Å². The largest absolute Gasteiger partial charge is 0.469 e. The summed E-state index contributed by atoms with van der Waals surface area (Å²) < 4.78 is 58.6. The molecule has 0 N–H and O–H groups in total. The molecule has 0 aliphatic carbocycles. The Kier molecular flexibility index (Phi) is 25.0. The number of carbonyl (C=O) groups excluding carboxylic acids is 12. The smallest absolute Gasteiger partial charge is 0.336 e. The van der Waals surface area contributed by atoms with Crippen LogP contribution in [0.25, 0.3) is 0 Å². The number of rotatable bonds is 27. The Balaban J connectivity index is 4.15. The minimum Gasteiger partial charge on any atom is -0.469 e. The molecule has 0 spiro atoms. The highest BCUT2D eigenvalue weighted by molar-refractivity contribution is 5.95. The van der Waals surface area contributed by atoms with Crippen molar-refractivity contribution in [2.24, 2.45) is 0 Å². The van der Waals surface area contributed by atoms with Gasteiger partial charge in [0.2, 0.25) is 34.0 Å². The van der Waals surface area contributed by atoms with Crippen LogP contribution in [0, 0.1) is 0 Å². The molecule has 0 unspecified atom stereocenters. The minimum absolute atomic E-state index is 0.274. The van der Waals surface area contributed by atoms with Crippen molar-refractivity contribution in [1.29, 1.82) is 0 Å². The Labute approximate surface area is 315 Å². The predicted molar refractivity (Wildman–Crippen MR) is 166 cm³/mol. The summed E-state index contributed by atoms with van der Waals surface area (Å²) in [6, 6.07) is 0. The molecule has 0 fully saturated rings. The van der Waals surface area contributed by atoms with Crippen LogP contribution in [0.2, 0.25) is 0 Å².